The van der Waals surface area contributed by atoms with Gasteiger partial charge < -0.3 is 4.74 Å². The molecule has 1 aromatic carbocycles. The Morgan fingerprint density at radius 1 is 0.870 bits per heavy atom. The van der Waals surface area contributed by atoms with Gasteiger partial charge in [0.1, 0.15) is 11.9 Å². The lowest BCUT2D eigenvalue weighted by Gasteiger charge is -2.37. The van der Waals surface area contributed by atoms with E-state index in [4.69, 9.17) is 4.74 Å². The topological polar surface area (TPSA) is 9.23 Å². The summed E-state index contributed by atoms with van der Waals surface area (Å²) in [6, 6.07) is 4.63. The van der Waals surface area contributed by atoms with Crippen LogP contribution in [-0.2, 0) is 6.18 Å². The molecule has 0 bridgehead atoms. The highest BCUT2D eigenvalue weighted by atomic mass is 28.3. The molecule has 0 aliphatic heterocycles. The summed E-state index contributed by atoms with van der Waals surface area (Å²) in [5.74, 6) is 0.338. The molecule has 0 aromatic heterocycles. The van der Waals surface area contributed by atoms with Gasteiger partial charge >= 0.3 is 6.18 Å². The summed E-state index contributed by atoms with van der Waals surface area (Å²) in [4.78, 5) is 0. The van der Waals surface area contributed by atoms with E-state index in [0.717, 1.165) is 12.1 Å². The Kier molecular flexibility index (Phi) is 6.35. The van der Waals surface area contributed by atoms with Crippen molar-refractivity contribution in [3.63, 3.8) is 0 Å². The summed E-state index contributed by atoms with van der Waals surface area (Å²) < 4.78 is 43.0. The van der Waals surface area contributed by atoms with Crippen LogP contribution in [0.4, 0.5) is 13.2 Å². The standard InChI is InChI=1S/C18H25F3OSi/c1-13(2)23(14(3)4,15(5)6)12-11-22-17-9-7-16(8-10-17)18(19,20)21/h7-10,13-15H,1-6H3. The highest BCUT2D eigenvalue weighted by molar-refractivity contribution is 6.90. The van der Waals surface area contributed by atoms with Crippen LogP contribution in [-0.4, -0.2) is 8.07 Å². The monoisotopic (exact) mass is 342 g/mol. The second-order valence-corrected chi connectivity index (χ2v) is 12.3. The van der Waals surface area contributed by atoms with Gasteiger partial charge in [-0.3, -0.25) is 0 Å². The molecule has 0 radical (unpaired) electrons. The number of benzene rings is 1. The van der Waals surface area contributed by atoms with Gasteiger partial charge in [-0.25, -0.2) is 0 Å². The highest BCUT2D eigenvalue weighted by Crippen LogP contribution is 2.40. The predicted octanol–water partition coefficient (Wildman–Crippen LogP) is 6.26. The molecule has 0 amide bonds. The van der Waals surface area contributed by atoms with Crippen molar-refractivity contribution in [1.29, 1.82) is 0 Å². The minimum atomic E-state index is -4.33. The third kappa shape index (κ3) is 4.54. The van der Waals surface area contributed by atoms with E-state index in [2.05, 4.69) is 53.2 Å². The predicted molar refractivity (Wildman–Crippen MR) is 90.9 cm³/mol. The first-order chi connectivity index (χ1) is 10.5. The third-order valence-corrected chi connectivity index (χ3v) is 10.8. The Bertz CT molecular complexity index is 541. The number of halogens is 3. The molecule has 0 N–H and O–H groups in total. The average molecular weight is 342 g/mol. The minimum absolute atomic E-state index is 0.338. The Balaban J connectivity index is 2.98. The second kappa shape index (κ2) is 7.44. The first-order valence-electron chi connectivity index (χ1n) is 7.88. The fraction of sp³-hybridized carbons (Fsp3) is 0.556. The molecule has 0 aliphatic carbocycles. The number of rotatable bonds is 4. The normalized spacial score (nSPS) is 12.5. The van der Waals surface area contributed by atoms with Gasteiger partial charge in [0.25, 0.3) is 0 Å². The van der Waals surface area contributed by atoms with Gasteiger partial charge in [0.2, 0.25) is 0 Å². The molecule has 0 fully saturated rings. The molecule has 0 atom stereocenters. The molecule has 0 heterocycles. The lowest BCUT2D eigenvalue weighted by atomic mass is 10.2. The Morgan fingerprint density at radius 2 is 1.30 bits per heavy atom. The quantitative estimate of drug-likeness (QED) is 0.463. The smallest absolute Gasteiger partial charge is 0.408 e. The van der Waals surface area contributed by atoms with E-state index in [1.807, 2.05) is 0 Å². The van der Waals surface area contributed by atoms with Crippen LogP contribution in [0.1, 0.15) is 47.1 Å². The molecule has 5 heteroatoms. The summed E-state index contributed by atoms with van der Waals surface area (Å²) >= 11 is 0. The molecule has 1 nitrogen and oxygen atoms in total. The van der Waals surface area contributed by atoms with Crippen LogP contribution < -0.4 is 4.74 Å². The maximum absolute atomic E-state index is 12.5. The maximum Gasteiger partial charge on any atom is 0.416 e. The van der Waals surface area contributed by atoms with Crippen LogP contribution in [0, 0.1) is 11.7 Å². The van der Waals surface area contributed by atoms with E-state index in [0.29, 0.717) is 22.4 Å². The second-order valence-electron chi connectivity index (χ2n) is 6.75. The molecule has 0 spiro atoms. The Hall–Kier alpha value is -1.41. The van der Waals surface area contributed by atoms with Crippen molar-refractivity contribution in [2.24, 2.45) is 0 Å². The van der Waals surface area contributed by atoms with Crippen molar-refractivity contribution in [2.75, 3.05) is 0 Å². The Labute approximate surface area is 138 Å². The molecule has 23 heavy (non-hydrogen) atoms. The molecule has 0 saturated carbocycles. The van der Waals surface area contributed by atoms with Crippen LogP contribution in [0.2, 0.25) is 16.6 Å². The average Bonchev–Trinajstić information content (AvgIpc) is 2.41. The first-order valence-corrected chi connectivity index (χ1v) is 10.1. The van der Waals surface area contributed by atoms with Gasteiger partial charge in [-0.1, -0.05) is 47.1 Å². The van der Waals surface area contributed by atoms with E-state index in [1.165, 1.54) is 12.1 Å². The van der Waals surface area contributed by atoms with Gasteiger partial charge in [-0.2, -0.15) is 13.2 Å². The molecule has 0 unspecified atom stereocenters. The number of alkyl halides is 3. The van der Waals surface area contributed by atoms with E-state index in [9.17, 15) is 13.2 Å². The summed E-state index contributed by atoms with van der Waals surface area (Å²) in [7, 11) is -1.89. The lowest BCUT2D eigenvalue weighted by Crippen LogP contribution is -2.43. The molecular weight excluding hydrogens is 317 g/mol. The number of hydrogen-bond donors (Lipinski definition) is 0. The molecule has 0 aliphatic rings. The summed E-state index contributed by atoms with van der Waals surface area (Å²) in [6.07, 6.45) is -1.56. The van der Waals surface area contributed by atoms with Gasteiger partial charge in [-0.15, -0.1) is 0 Å². The Morgan fingerprint density at radius 3 is 1.65 bits per heavy atom. The fourth-order valence-corrected chi connectivity index (χ4v) is 8.41. The molecule has 1 aromatic rings. The zero-order chi connectivity index (χ0) is 17.8. The SMILES string of the molecule is CC(C)[Si](C#COc1ccc(C(F)(F)F)cc1)(C(C)C)C(C)C. The van der Waals surface area contributed by atoms with Crippen LogP contribution in [0.15, 0.2) is 24.3 Å². The zero-order valence-electron chi connectivity index (χ0n) is 14.6. The molecule has 1 rings (SSSR count). The van der Waals surface area contributed by atoms with Crippen molar-refractivity contribution >= 4 is 8.07 Å². The van der Waals surface area contributed by atoms with Crippen LogP contribution in [0.3, 0.4) is 0 Å². The molecule has 0 saturated heterocycles. The van der Waals surface area contributed by atoms with Crippen LogP contribution in [0.5, 0.6) is 5.75 Å². The lowest BCUT2D eigenvalue weighted by molar-refractivity contribution is -0.137. The van der Waals surface area contributed by atoms with E-state index < -0.39 is 19.8 Å². The highest BCUT2D eigenvalue weighted by Gasteiger charge is 2.42. The van der Waals surface area contributed by atoms with Crippen molar-refractivity contribution in [1.82, 2.24) is 0 Å². The van der Waals surface area contributed by atoms with Gasteiger partial charge in [0, 0.05) is 0 Å². The van der Waals surface area contributed by atoms with E-state index in [-0.39, 0.29) is 0 Å². The summed E-state index contributed by atoms with van der Waals surface area (Å²) in [5, 5.41) is 0. The van der Waals surface area contributed by atoms with Crippen molar-refractivity contribution < 1.29 is 17.9 Å². The number of ether oxygens (including phenoxy) is 1. The maximum atomic E-state index is 12.5. The summed E-state index contributed by atoms with van der Waals surface area (Å²) in [5.41, 5.74) is 4.12. The largest absolute Gasteiger partial charge is 0.416 e. The summed E-state index contributed by atoms with van der Waals surface area (Å²) in [6.45, 7) is 13.2. The van der Waals surface area contributed by atoms with E-state index >= 15 is 0 Å². The van der Waals surface area contributed by atoms with Crippen LogP contribution in [0.25, 0.3) is 0 Å². The fourth-order valence-electron chi connectivity index (χ4n) is 3.32. The van der Waals surface area contributed by atoms with Crippen molar-refractivity contribution in [2.45, 2.75) is 64.3 Å². The van der Waals surface area contributed by atoms with Crippen molar-refractivity contribution in [3.8, 4) is 17.4 Å². The van der Waals surface area contributed by atoms with Gasteiger partial charge in [0.15, 0.2) is 8.07 Å². The van der Waals surface area contributed by atoms with Crippen molar-refractivity contribution in [3.05, 3.63) is 29.8 Å². The zero-order valence-corrected chi connectivity index (χ0v) is 15.6. The van der Waals surface area contributed by atoms with Gasteiger partial charge in [-0.05, 0) is 40.9 Å². The minimum Gasteiger partial charge on any atom is -0.408 e. The molecular formula is C18H25F3OSi. The van der Waals surface area contributed by atoms with E-state index in [1.54, 1.807) is 0 Å². The van der Waals surface area contributed by atoms with Crippen LogP contribution >= 0.6 is 0 Å². The third-order valence-electron chi connectivity index (χ3n) is 4.48. The molecule has 128 valence electrons. The first kappa shape index (κ1) is 19.6. The van der Waals surface area contributed by atoms with Gasteiger partial charge in [0.05, 0.1) is 5.56 Å². The number of hydrogen-bond acceptors (Lipinski definition) is 1.